The molecule has 0 radical (unpaired) electrons. The molecule has 0 spiro atoms. The minimum atomic E-state index is -0.417. The van der Waals surface area contributed by atoms with Gasteiger partial charge in [0.1, 0.15) is 0 Å². The zero-order valence-electron chi connectivity index (χ0n) is 33.1. The highest BCUT2D eigenvalue weighted by Gasteiger charge is 2.41. The number of benzene rings is 6. The van der Waals surface area contributed by atoms with Gasteiger partial charge >= 0.3 is 0 Å². The standard InChI is InChI=1S/C56H48N2/c1-41-39-43(42-19-6-2-7-20-42)33-38-53(41)57(48-34-36-49(37-35-48)58-54-31-16-14-29-51(54)52-30-15-17-32-55(52)58)50-28-18-27-47(40-50)56(44-21-8-3-9-22-44,45-23-10-4-11-24-45)46-25-12-5-13-26-46/h2-4,6-10,12,14-23,25-41,53H,5,11,13,24H2,1H3. The molecule has 3 aliphatic carbocycles. The van der Waals surface area contributed by atoms with Crippen molar-refractivity contribution in [2.24, 2.45) is 5.92 Å². The Hall–Kier alpha value is -6.64. The van der Waals surface area contributed by atoms with E-state index >= 15 is 0 Å². The smallest absolute Gasteiger partial charge is 0.0662 e. The summed E-state index contributed by atoms with van der Waals surface area (Å²) in [5.41, 5.74) is 13.5. The van der Waals surface area contributed by atoms with Crippen LogP contribution in [0.25, 0.3) is 33.1 Å². The Morgan fingerprint density at radius 3 is 1.97 bits per heavy atom. The lowest BCUT2D eigenvalue weighted by molar-refractivity contribution is 0.610. The van der Waals surface area contributed by atoms with Gasteiger partial charge in [0.15, 0.2) is 0 Å². The van der Waals surface area contributed by atoms with Crippen molar-refractivity contribution in [3.63, 3.8) is 0 Å². The topological polar surface area (TPSA) is 8.17 Å². The van der Waals surface area contributed by atoms with Gasteiger partial charge in [0, 0.05) is 27.8 Å². The van der Waals surface area contributed by atoms with Gasteiger partial charge in [-0.25, -0.2) is 0 Å². The molecule has 1 heterocycles. The molecule has 3 atom stereocenters. The molecule has 0 aliphatic heterocycles. The van der Waals surface area contributed by atoms with Crippen LogP contribution in [0.4, 0.5) is 11.4 Å². The molecule has 0 fully saturated rings. The molecule has 1 aromatic heterocycles. The van der Waals surface area contributed by atoms with Gasteiger partial charge in [-0.1, -0.05) is 176 Å². The van der Waals surface area contributed by atoms with Crippen molar-refractivity contribution < 1.29 is 0 Å². The molecule has 3 aliphatic rings. The second kappa shape index (κ2) is 15.4. The van der Waals surface area contributed by atoms with Gasteiger partial charge < -0.3 is 9.47 Å². The summed E-state index contributed by atoms with van der Waals surface area (Å²) in [7, 11) is 0. The number of nitrogens with zero attached hydrogens (tertiary/aromatic N) is 2. The Morgan fingerprint density at radius 2 is 1.29 bits per heavy atom. The molecule has 3 unspecified atom stereocenters. The summed E-state index contributed by atoms with van der Waals surface area (Å²) < 4.78 is 2.41. The Bertz CT molecular complexity index is 2740. The predicted octanol–water partition coefficient (Wildman–Crippen LogP) is 14.4. The highest BCUT2D eigenvalue weighted by atomic mass is 15.2. The molecule has 0 amide bonds. The van der Waals surface area contributed by atoms with Crippen LogP contribution in [0.2, 0.25) is 0 Å². The van der Waals surface area contributed by atoms with E-state index in [-0.39, 0.29) is 12.0 Å². The first-order valence-electron chi connectivity index (χ1n) is 20.9. The molecule has 2 nitrogen and oxygen atoms in total. The van der Waals surface area contributed by atoms with E-state index in [9.17, 15) is 0 Å². The van der Waals surface area contributed by atoms with Crippen molar-refractivity contribution in [3.05, 3.63) is 240 Å². The third-order valence-electron chi connectivity index (χ3n) is 12.5. The van der Waals surface area contributed by atoms with Gasteiger partial charge in [0.2, 0.25) is 0 Å². The molecule has 10 rings (SSSR count). The highest BCUT2D eigenvalue weighted by Crippen LogP contribution is 2.50. The van der Waals surface area contributed by atoms with Crippen LogP contribution in [0, 0.1) is 5.92 Å². The molecular weight excluding hydrogens is 701 g/mol. The van der Waals surface area contributed by atoms with Crippen LogP contribution >= 0.6 is 0 Å². The molecule has 58 heavy (non-hydrogen) atoms. The second-order valence-electron chi connectivity index (χ2n) is 15.9. The number of rotatable bonds is 9. The van der Waals surface area contributed by atoms with Crippen LogP contribution in [0.5, 0.6) is 0 Å². The molecular formula is C56H48N2. The normalized spacial score (nSPS) is 18.7. The maximum Gasteiger partial charge on any atom is 0.0662 e. The number of para-hydroxylation sites is 2. The van der Waals surface area contributed by atoms with E-state index in [4.69, 9.17) is 0 Å². The maximum absolute atomic E-state index is 2.58. The van der Waals surface area contributed by atoms with Gasteiger partial charge in [-0.3, -0.25) is 0 Å². The van der Waals surface area contributed by atoms with Gasteiger partial charge in [-0.2, -0.15) is 0 Å². The van der Waals surface area contributed by atoms with Crippen LogP contribution in [0.3, 0.4) is 0 Å². The van der Waals surface area contributed by atoms with E-state index in [0.717, 1.165) is 31.4 Å². The fraction of sp³-hybridized carbons (Fsp3) is 0.143. The maximum atomic E-state index is 2.58. The van der Waals surface area contributed by atoms with E-state index in [1.54, 1.807) is 0 Å². The van der Waals surface area contributed by atoms with Crippen molar-refractivity contribution in [2.45, 2.75) is 44.1 Å². The number of allylic oxidation sites excluding steroid dienone is 10. The molecule has 0 saturated carbocycles. The monoisotopic (exact) mass is 748 g/mol. The number of aromatic nitrogens is 1. The minimum Gasteiger partial charge on any atom is -0.334 e. The van der Waals surface area contributed by atoms with Gasteiger partial charge in [0.25, 0.3) is 0 Å². The van der Waals surface area contributed by atoms with Crippen molar-refractivity contribution in [1.82, 2.24) is 4.57 Å². The number of fused-ring (bicyclic) bond motifs is 3. The first kappa shape index (κ1) is 35.8. The highest BCUT2D eigenvalue weighted by molar-refractivity contribution is 6.09. The Balaban J connectivity index is 1.14. The SMILES string of the molecule is CC1C=C(c2ccccc2)C=CC1N(c1ccc(-n2c3ccccc3c3ccccc32)cc1)c1cccc(C(C2=CCCC=C2)(C2=CC=CCC2)c2ccccc2)c1. The number of hydrogen-bond donors (Lipinski definition) is 0. The molecule has 7 aromatic rings. The lowest BCUT2D eigenvalue weighted by Gasteiger charge is -2.42. The fourth-order valence-corrected chi connectivity index (χ4v) is 9.86. The first-order chi connectivity index (χ1) is 28.7. The number of anilines is 2. The summed E-state index contributed by atoms with van der Waals surface area (Å²) in [5.74, 6) is 0.245. The molecule has 6 aromatic carbocycles. The van der Waals surface area contributed by atoms with Gasteiger partial charge in [0.05, 0.1) is 22.5 Å². The average Bonchev–Trinajstić information content (AvgIpc) is 3.63. The van der Waals surface area contributed by atoms with Gasteiger partial charge in [-0.05, 0) is 108 Å². The molecule has 0 saturated heterocycles. The second-order valence-corrected chi connectivity index (χ2v) is 15.9. The fourth-order valence-electron chi connectivity index (χ4n) is 9.86. The minimum absolute atomic E-state index is 0.0959. The zero-order valence-corrected chi connectivity index (χ0v) is 33.1. The van der Waals surface area contributed by atoms with Crippen molar-refractivity contribution in [2.75, 3.05) is 4.90 Å². The Kier molecular flexibility index (Phi) is 9.47. The molecule has 0 N–H and O–H groups in total. The van der Waals surface area contributed by atoms with Crippen molar-refractivity contribution in [1.29, 1.82) is 0 Å². The Morgan fingerprint density at radius 1 is 0.603 bits per heavy atom. The van der Waals surface area contributed by atoms with E-state index in [1.165, 1.54) is 66.6 Å². The lowest BCUT2D eigenvalue weighted by Crippen LogP contribution is -2.37. The zero-order chi connectivity index (χ0) is 38.9. The summed E-state index contributed by atoms with van der Waals surface area (Å²) in [6, 6.07) is 58.3. The first-order valence-corrected chi connectivity index (χ1v) is 20.9. The van der Waals surface area contributed by atoms with Crippen LogP contribution < -0.4 is 4.90 Å². The van der Waals surface area contributed by atoms with Crippen LogP contribution in [-0.2, 0) is 5.41 Å². The van der Waals surface area contributed by atoms with E-state index in [2.05, 4.69) is 229 Å². The third kappa shape index (κ3) is 6.21. The number of hydrogen-bond acceptors (Lipinski definition) is 1. The largest absolute Gasteiger partial charge is 0.334 e. The third-order valence-corrected chi connectivity index (χ3v) is 12.5. The summed E-state index contributed by atoms with van der Waals surface area (Å²) >= 11 is 0. The van der Waals surface area contributed by atoms with Crippen LogP contribution in [-0.4, -0.2) is 10.6 Å². The molecule has 0 bridgehead atoms. The molecule has 282 valence electrons. The molecule has 2 heteroatoms. The van der Waals surface area contributed by atoms with Crippen LogP contribution in [0.15, 0.2) is 224 Å². The predicted molar refractivity (Wildman–Crippen MR) is 246 cm³/mol. The summed E-state index contributed by atoms with van der Waals surface area (Å²) in [5, 5.41) is 2.55. The quantitative estimate of drug-likeness (QED) is 0.143. The summed E-state index contributed by atoms with van der Waals surface area (Å²) in [6.45, 7) is 2.37. The van der Waals surface area contributed by atoms with Crippen molar-refractivity contribution >= 4 is 38.8 Å². The van der Waals surface area contributed by atoms with Gasteiger partial charge in [-0.15, -0.1) is 0 Å². The van der Waals surface area contributed by atoms with E-state index in [0.29, 0.717) is 0 Å². The summed E-state index contributed by atoms with van der Waals surface area (Å²) in [6.07, 6.45) is 25.6. The van der Waals surface area contributed by atoms with Crippen molar-refractivity contribution in [3.8, 4) is 5.69 Å². The Labute approximate surface area is 342 Å². The van der Waals surface area contributed by atoms with Crippen LogP contribution in [0.1, 0.15) is 49.3 Å². The summed E-state index contributed by atoms with van der Waals surface area (Å²) in [4.78, 5) is 2.58. The lowest BCUT2D eigenvalue weighted by atomic mass is 9.61. The van der Waals surface area contributed by atoms with E-state index in [1.807, 2.05) is 0 Å². The average molecular weight is 749 g/mol. The van der Waals surface area contributed by atoms with E-state index < -0.39 is 5.41 Å².